The Bertz CT molecular complexity index is 859. The van der Waals surface area contributed by atoms with Crippen molar-refractivity contribution in [2.45, 2.75) is 50.7 Å². The average Bonchev–Trinajstić information content (AvgIpc) is 3.40. The highest BCUT2D eigenvalue weighted by atomic mass is 35.5. The molecule has 2 atom stereocenters. The lowest BCUT2D eigenvalue weighted by molar-refractivity contribution is 0.0933. The van der Waals surface area contributed by atoms with E-state index in [2.05, 4.69) is 26.4 Å². The number of rotatable bonds is 6. The molecule has 2 aliphatic rings. The average molecular weight is 433 g/mol. The van der Waals surface area contributed by atoms with E-state index in [1.54, 1.807) is 6.07 Å². The molecule has 4 N–H and O–H groups in total. The molecule has 2 fully saturated rings. The number of amides is 3. The van der Waals surface area contributed by atoms with Crippen LogP contribution in [0.4, 0.5) is 10.5 Å². The summed E-state index contributed by atoms with van der Waals surface area (Å²) in [6.45, 7) is 3.86. The summed E-state index contributed by atoms with van der Waals surface area (Å²) in [4.78, 5) is 24.4. The molecule has 2 unspecified atom stereocenters. The maximum Gasteiger partial charge on any atom is 0.319 e. The minimum atomic E-state index is -0.189. The first-order valence-electron chi connectivity index (χ1n) is 10.3. The molecule has 4 rings (SSSR count). The van der Waals surface area contributed by atoms with Crippen LogP contribution in [0.5, 0.6) is 0 Å². The first kappa shape index (κ1) is 22.1. The van der Waals surface area contributed by atoms with Gasteiger partial charge in [-0.15, -0.1) is 12.4 Å². The Balaban J connectivity index is 0.00000256. The van der Waals surface area contributed by atoms with E-state index < -0.39 is 0 Å². The molecule has 1 aliphatic heterocycles. The lowest BCUT2D eigenvalue weighted by atomic mass is 10.1. The molecule has 2 heterocycles. The highest BCUT2D eigenvalue weighted by molar-refractivity contribution is 5.92. The quantitative estimate of drug-likeness (QED) is 0.563. The fourth-order valence-corrected chi connectivity index (χ4v) is 3.51. The molecular weight excluding hydrogens is 404 g/mol. The third-order valence-corrected chi connectivity index (χ3v) is 5.41. The van der Waals surface area contributed by atoms with Gasteiger partial charge in [-0.1, -0.05) is 12.1 Å². The third kappa shape index (κ3) is 5.73. The summed E-state index contributed by atoms with van der Waals surface area (Å²) in [6, 6.07) is 9.55. The van der Waals surface area contributed by atoms with Gasteiger partial charge in [-0.25, -0.2) is 4.79 Å². The summed E-state index contributed by atoms with van der Waals surface area (Å²) < 4.78 is 1.89. The molecule has 162 valence electrons. The van der Waals surface area contributed by atoms with Crippen LogP contribution in [0.3, 0.4) is 0 Å². The van der Waals surface area contributed by atoms with Gasteiger partial charge in [-0.05, 0) is 62.9 Å². The van der Waals surface area contributed by atoms with Gasteiger partial charge in [0.25, 0.3) is 5.91 Å². The molecule has 1 aromatic carbocycles. The molecule has 9 heteroatoms. The fraction of sp³-hybridized carbons (Fsp3) is 0.476. The first-order valence-corrected chi connectivity index (χ1v) is 10.3. The number of piperidine rings is 1. The van der Waals surface area contributed by atoms with Gasteiger partial charge in [-0.3, -0.25) is 9.48 Å². The Morgan fingerprint density at radius 2 is 1.93 bits per heavy atom. The number of carbonyl (C=O) groups is 2. The normalized spacial score (nSPS) is 19.3. The van der Waals surface area contributed by atoms with E-state index in [9.17, 15) is 9.59 Å². The summed E-state index contributed by atoms with van der Waals surface area (Å²) in [6.07, 6.45) is 6.19. The number of urea groups is 1. The minimum Gasteiger partial charge on any atom is -0.344 e. The first-order chi connectivity index (χ1) is 14.1. The molecule has 0 bridgehead atoms. The molecule has 1 saturated heterocycles. The van der Waals surface area contributed by atoms with Crippen LogP contribution < -0.4 is 21.3 Å². The molecule has 0 radical (unpaired) electrons. The van der Waals surface area contributed by atoms with Crippen molar-refractivity contribution >= 4 is 30.0 Å². The van der Waals surface area contributed by atoms with Crippen molar-refractivity contribution in [3.05, 3.63) is 47.8 Å². The lowest BCUT2D eigenvalue weighted by Gasteiger charge is -2.22. The van der Waals surface area contributed by atoms with Gasteiger partial charge in [0.05, 0.1) is 12.1 Å². The van der Waals surface area contributed by atoms with Crippen LogP contribution in [-0.4, -0.2) is 40.9 Å². The van der Waals surface area contributed by atoms with Gasteiger partial charge in [-0.2, -0.15) is 5.10 Å². The van der Waals surface area contributed by atoms with Crippen molar-refractivity contribution in [1.82, 2.24) is 25.7 Å². The van der Waals surface area contributed by atoms with E-state index in [1.807, 2.05) is 42.1 Å². The number of hydrogen-bond donors (Lipinski definition) is 4. The zero-order valence-corrected chi connectivity index (χ0v) is 17.9. The van der Waals surface area contributed by atoms with Crippen LogP contribution in [0.25, 0.3) is 0 Å². The summed E-state index contributed by atoms with van der Waals surface area (Å²) in [7, 11) is 0. The van der Waals surface area contributed by atoms with Crippen molar-refractivity contribution in [2.24, 2.45) is 0 Å². The number of nitrogens with one attached hydrogen (secondary N) is 4. The predicted molar refractivity (Wildman–Crippen MR) is 118 cm³/mol. The van der Waals surface area contributed by atoms with Crippen LogP contribution >= 0.6 is 12.4 Å². The van der Waals surface area contributed by atoms with Gasteiger partial charge >= 0.3 is 6.03 Å². The van der Waals surface area contributed by atoms with Crippen LogP contribution in [-0.2, 0) is 0 Å². The van der Waals surface area contributed by atoms with Crippen LogP contribution in [0.15, 0.2) is 36.5 Å². The van der Waals surface area contributed by atoms with Gasteiger partial charge < -0.3 is 21.3 Å². The van der Waals surface area contributed by atoms with E-state index in [0.717, 1.165) is 50.0 Å². The second-order valence-electron chi connectivity index (χ2n) is 7.87. The second-order valence-corrected chi connectivity index (χ2v) is 7.87. The fourth-order valence-electron chi connectivity index (χ4n) is 3.51. The molecule has 1 aromatic heterocycles. The van der Waals surface area contributed by atoms with Gasteiger partial charge in [0, 0.05) is 24.5 Å². The number of benzene rings is 1. The largest absolute Gasteiger partial charge is 0.344 e. The van der Waals surface area contributed by atoms with Crippen LogP contribution in [0, 0.1) is 0 Å². The van der Waals surface area contributed by atoms with Crippen molar-refractivity contribution in [3.63, 3.8) is 0 Å². The van der Waals surface area contributed by atoms with Crippen LogP contribution in [0.1, 0.15) is 60.7 Å². The highest BCUT2D eigenvalue weighted by Crippen LogP contribution is 2.20. The Morgan fingerprint density at radius 1 is 1.17 bits per heavy atom. The molecule has 1 aliphatic carbocycles. The smallest absolute Gasteiger partial charge is 0.319 e. The van der Waals surface area contributed by atoms with Crippen LogP contribution in [0.2, 0.25) is 0 Å². The predicted octanol–water partition coefficient (Wildman–Crippen LogP) is 3.00. The Hall–Kier alpha value is -2.58. The van der Waals surface area contributed by atoms with E-state index in [-0.39, 0.29) is 30.4 Å². The summed E-state index contributed by atoms with van der Waals surface area (Å²) in [5.74, 6) is -0.189. The van der Waals surface area contributed by atoms with Gasteiger partial charge in [0.2, 0.25) is 0 Å². The number of halogens is 1. The maximum absolute atomic E-state index is 12.6. The molecular formula is C21H29ClN6O2. The number of hydrogen-bond acceptors (Lipinski definition) is 4. The zero-order chi connectivity index (χ0) is 20.2. The molecule has 8 nitrogen and oxygen atoms in total. The minimum absolute atomic E-state index is 0. The van der Waals surface area contributed by atoms with E-state index in [0.29, 0.717) is 17.8 Å². The highest BCUT2D eigenvalue weighted by Gasteiger charge is 2.23. The molecule has 30 heavy (non-hydrogen) atoms. The zero-order valence-electron chi connectivity index (χ0n) is 17.1. The van der Waals surface area contributed by atoms with Gasteiger partial charge in [0.15, 0.2) is 0 Å². The lowest BCUT2D eigenvalue weighted by Crippen LogP contribution is -2.32. The summed E-state index contributed by atoms with van der Waals surface area (Å²) in [5.41, 5.74) is 2.12. The SMILES string of the molecule is CC(NC(=O)c1ccn(C2CCCNC2)n1)c1ccc(NC(=O)NC2CC2)cc1.Cl. The number of anilines is 1. The Labute approximate surface area is 182 Å². The van der Waals surface area contributed by atoms with E-state index in [1.165, 1.54) is 0 Å². The number of aromatic nitrogens is 2. The maximum atomic E-state index is 12.6. The molecule has 3 amide bonds. The van der Waals surface area contributed by atoms with Crippen molar-refractivity contribution in [1.29, 1.82) is 0 Å². The third-order valence-electron chi connectivity index (χ3n) is 5.41. The summed E-state index contributed by atoms with van der Waals surface area (Å²) in [5, 5.41) is 16.5. The van der Waals surface area contributed by atoms with Gasteiger partial charge in [0.1, 0.15) is 5.69 Å². The summed E-state index contributed by atoms with van der Waals surface area (Å²) >= 11 is 0. The molecule has 0 spiro atoms. The van der Waals surface area contributed by atoms with E-state index >= 15 is 0 Å². The van der Waals surface area contributed by atoms with E-state index in [4.69, 9.17) is 0 Å². The molecule has 2 aromatic rings. The second kappa shape index (κ2) is 9.95. The van der Waals surface area contributed by atoms with Crippen molar-refractivity contribution in [2.75, 3.05) is 18.4 Å². The molecule has 1 saturated carbocycles. The standard InChI is InChI=1S/C21H28N6O2.ClH/c1-14(15-4-6-16(7-5-15)24-21(29)25-17-8-9-17)23-20(28)19-10-12-27(26-19)18-3-2-11-22-13-18;/h4-7,10,12,14,17-18,22H,2-3,8-9,11,13H2,1H3,(H,23,28)(H2,24,25,29);1H. The number of carbonyl (C=O) groups excluding carboxylic acids is 2. The topological polar surface area (TPSA) is 100 Å². The Kier molecular flexibility index (Phi) is 7.33. The monoisotopic (exact) mass is 432 g/mol. The number of nitrogens with zero attached hydrogens (tertiary/aromatic N) is 2. The van der Waals surface area contributed by atoms with Crippen molar-refractivity contribution in [3.8, 4) is 0 Å². The van der Waals surface area contributed by atoms with Crippen molar-refractivity contribution < 1.29 is 9.59 Å². The Morgan fingerprint density at radius 3 is 2.60 bits per heavy atom.